The highest BCUT2D eigenvalue weighted by molar-refractivity contribution is 6.12. The monoisotopic (exact) mass is 308 g/mol. The fourth-order valence-electron chi connectivity index (χ4n) is 3.08. The number of nitrogens with zero attached hydrogens (tertiary/aromatic N) is 2. The molecule has 1 unspecified atom stereocenters. The molecule has 0 amide bonds. The molecule has 1 aliphatic heterocycles. The van der Waals surface area contributed by atoms with Crippen molar-refractivity contribution in [3.8, 4) is 0 Å². The van der Waals surface area contributed by atoms with E-state index in [0.717, 1.165) is 23.4 Å². The molecule has 0 N–H and O–H groups in total. The molecule has 3 nitrogen and oxygen atoms in total. The van der Waals surface area contributed by atoms with Crippen LogP contribution in [0.5, 0.6) is 0 Å². The lowest BCUT2D eigenvalue weighted by Crippen LogP contribution is -2.33. The summed E-state index contributed by atoms with van der Waals surface area (Å²) in [7, 11) is 2.18. The smallest absolute Gasteiger partial charge is 0.121 e. The van der Waals surface area contributed by atoms with Crippen LogP contribution in [0.4, 0.5) is 0 Å². The second-order valence-corrected chi connectivity index (χ2v) is 6.24. The molecular weight excluding hydrogens is 284 g/mol. The Morgan fingerprint density at radius 3 is 2.22 bits per heavy atom. The summed E-state index contributed by atoms with van der Waals surface area (Å²) in [5, 5.41) is 4.48. The Labute approximate surface area is 138 Å². The van der Waals surface area contributed by atoms with E-state index in [2.05, 4.69) is 41.4 Å². The van der Waals surface area contributed by atoms with Crippen molar-refractivity contribution >= 4 is 5.71 Å². The first-order valence-electron chi connectivity index (χ1n) is 8.32. The summed E-state index contributed by atoms with van der Waals surface area (Å²) in [5.74, 6) is 0.574. The van der Waals surface area contributed by atoms with Crippen molar-refractivity contribution in [3.05, 3.63) is 71.8 Å². The lowest BCUT2D eigenvalue weighted by molar-refractivity contribution is 0.0723. The molecule has 3 heteroatoms. The maximum atomic E-state index is 5.75. The van der Waals surface area contributed by atoms with Crippen LogP contribution in [0.1, 0.15) is 24.0 Å². The van der Waals surface area contributed by atoms with Crippen LogP contribution in [-0.2, 0) is 4.84 Å². The number of likely N-dealkylation sites (tertiary alicyclic amines) is 1. The molecule has 23 heavy (non-hydrogen) atoms. The average Bonchev–Trinajstić information content (AvgIpc) is 2.60. The molecule has 0 spiro atoms. The summed E-state index contributed by atoms with van der Waals surface area (Å²) in [4.78, 5) is 8.13. The maximum Gasteiger partial charge on any atom is 0.121 e. The van der Waals surface area contributed by atoms with Gasteiger partial charge in [0.2, 0.25) is 0 Å². The first-order valence-corrected chi connectivity index (χ1v) is 8.32. The molecule has 1 fully saturated rings. The summed E-state index contributed by atoms with van der Waals surface area (Å²) in [5.41, 5.74) is 3.06. The Morgan fingerprint density at radius 2 is 1.65 bits per heavy atom. The van der Waals surface area contributed by atoms with Crippen LogP contribution in [-0.4, -0.2) is 37.4 Å². The Balaban J connectivity index is 1.73. The van der Waals surface area contributed by atoms with E-state index in [1.54, 1.807) is 0 Å². The molecule has 0 saturated carbocycles. The number of hydrogen-bond acceptors (Lipinski definition) is 3. The Morgan fingerprint density at radius 1 is 1.04 bits per heavy atom. The van der Waals surface area contributed by atoms with Crippen molar-refractivity contribution < 1.29 is 4.84 Å². The predicted molar refractivity (Wildman–Crippen MR) is 94.7 cm³/mol. The number of oxime groups is 1. The minimum absolute atomic E-state index is 0.574. The zero-order chi connectivity index (χ0) is 15.9. The Hall–Kier alpha value is -2.13. The highest BCUT2D eigenvalue weighted by Gasteiger charge is 2.17. The van der Waals surface area contributed by atoms with E-state index in [4.69, 9.17) is 4.84 Å². The van der Waals surface area contributed by atoms with Gasteiger partial charge in [0.25, 0.3) is 0 Å². The van der Waals surface area contributed by atoms with Crippen molar-refractivity contribution in [1.82, 2.24) is 4.90 Å². The molecule has 1 aliphatic rings. The van der Waals surface area contributed by atoms with Gasteiger partial charge in [-0.3, -0.25) is 0 Å². The zero-order valence-electron chi connectivity index (χ0n) is 13.7. The first kappa shape index (κ1) is 15.8. The summed E-state index contributed by atoms with van der Waals surface area (Å²) < 4.78 is 0. The highest BCUT2D eigenvalue weighted by atomic mass is 16.6. The van der Waals surface area contributed by atoms with Gasteiger partial charge in [0.05, 0.1) is 0 Å². The third-order valence-corrected chi connectivity index (χ3v) is 4.28. The molecule has 120 valence electrons. The van der Waals surface area contributed by atoms with E-state index in [1.165, 1.54) is 19.4 Å². The molecule has 1 saturated heterocycles. The van der Waals surface area contributed by atoms with Gasteiger partial charge in [-0.1, -0.05) is 65.8 Å². The fraction of sp³-hybridized carbons (Fsp3) is 0.350. The van der Waals surface area contributed by atoms with Crippen molar-refractivity contribution in [2.24, 2.45) is 11.1 Å². The second kappa shape index (κ2) is 7.93. The highest BCUT2D eigenvalue weighted by Crippen LogP contribution is 2.16. The maximum absolute atomic E-state index is 5.75. The van der Waals surface area contributed by atoms with Gasteiger partial charge >= 0.3 is 0 Å². The standard InChI is InChI=1S/C20H24N2O/c1-22-14-8-9-17(15-22)16-23-21-20(18-10-4-2-5-11-18)19-12-6-3-7-13-19/h2-7,10-13,17H,8-9,14-16H2,1H3. The van der Waals surface area contributed by atoms with Crippen LogP contribution >= 0.6 is 0 Å². The van der Waals surface area contributed by atoms with Crippen molar-refractivity contribution in [3.63, 3.8) is 0 Å². The summed E-state index contributed by atoms with van der Waals surface area (Å²) in [6.45, 7) is 2.98. The molecule has 0 bridgehead atoms. The van der Waals surface area contributed by atoms with Gasteiger partial charge in [-0.05, 0) is 26.4 Å². The van der Waals surface area contributed by atoms with Gasteiger partial charge in [0, 0.05) is 23.6 Å². The third kappa shape index (κ3) is 4.42. The van der Waals surface area contributed by atoms with E-state index >= 15 is 0 Å². The van der Waals surface area contributed by atoms with Gasteiger partial charge < -0.3 is 9.74 Å². The summed E-state index contributed by atoms with van der Waals surface area (Å²) >= 11 is 0. The van der Waals surface area contributed by atoms with E-state index < -0.39 is 0 Å². The normalized spacial score (nSPS) is 18.4. The number of rotatable bonds is 5. The van der Waals surface area contributed by atoms with Crippen molar-refractivity contribution in [2.45, 2.75) is 12.8 Å². The molecule has 0 aliphatic carbocycles. The van der Waals surface area contributed by atoms with Crippen LogP contribution < -0.4 is 0 Å². The van der Waals surface area contributed by atoms with Crippen LogP contribution in [0.25, 0.3) is 0 Å². The largest absolute Gasteiger partial charge is 0.395 e. The summed E-state index contributed by atoms with van der Waals surface area (Å²) in [6.07, 6.45) is 2.48. The van der Waals surface area contributed by atoms with E-state index in [-0.39, 0.29) is 0 Å². The molecule has 0 radical (unpaired) electrons. The molecule has 2 aromatic carbocycles. The minimum atomic E-state index is 0.574. The van der Waals surface area contributed by atoms with E-state index in [0.29, 0.717) is 12.5 Å². The van der Waals surface area contributed by atoms with E-state index in [9.17, 15) is 0 Å². The summed E-state index contributed by atoms with van der Waals surface area (Å²) in [6, 6.07) is 20.5. The second-order valence-electron chi connectivity index (χ2n) is 6.24. The molecule has 0 aromatic heterocycles. The zero-order valence-corrected chi connectivity index (χ0v) is 13.7. The molecule has 1 heterocycles. The van der Waals surface area contributed by atoms with Gasteiger partial charge in [0.15, 0.2) is 0 Å². The van der Waals surface area contributed by atoms with Crippen LogP contribution in [0.15, 0.2) is 65.8 Å². The number of hydrogen-bond donors (Lipinski definition) is 0. The lowest BCUT2D eigenvalue weighted by Gasteiger charge is -2.28. The molecule has 1 atom stereocenters. The topological polar surface area (TPSA) is 24.8 Å². The number of piperidine rings is 1. The predicted octanol–water partition coefficient (Wildman–Crippen LogP) is 3.80. The van der Waals surface area contributed by atoms with Crippen molar-refractivity contribution in [1.29, 1.82) is 0 Å². The van der Waals surface area contributed by atoms with Crippen LogP contribution in [0.3, 0.4) is 0 Å². The lowest BCUT2D eigenvalue weighted by atomic mass is 10.00. The minimum Gasteiger partial charge on any atom is -0.395 e. The SMILES string of the molecule is CN1CCCC(CON=C(c2ccccc2)c2ccccc2)C1. The molecule has 2 aromatic rings. The van der Waals surface area contributed by atoms with Gasteiger partial charge in [-0.2, -0.15) is 0 Å². The van der Waals surface area contributed by atoms with Crippen molar-refractivity contribution in [2.75, 3.05) is 26.7 Å². The van der Waals surface area contributed by atoms with Gasteiger partial charge in [-0.15, -0.1) is 0 Å². The molecular formula is C20H24N2O. The van der Waals surface area contributed by atoms with Crippen LogP contribution in [0.2, 0.25) is 0 Å². The first-order chi connectivity index (χ1) is 11.3. The number of benzene rings is 2. The van der Waals surface area contributed by atoms with Gasteiger partial charge in [0.1, 0.15) is 12.3 Å². The Kier molecular flexibility index (Phi) is 5.43. The van der Waals surface area contributed by atoms with E-state index in [1.807, 2.05) is 36.4 Å². The van der Waals surface area contributed by atoms with Crippen LogP contribution in [0, 0.1) is 5.92 Å². The fourth-order valence-corrected chi connectivity index (χ4v) is 3.08. The Bertz CT molecular complexity index is 583. The van der Waals surface area contributed by atoms with Gasteiger partial charge in [-0.25, -0.2) is 0 Å². The quantitative estimate of drug-likeness (QED) is 0.620. The third-order valence-electron chi connectivity index (χ3n) is 4.28. The average molecular weight is 308 g/mol. The molecule has 3 rings (SSSR count).